The van der Waals surface area contributed by atoms with Crippen molar-refractivity contribution < 1.29 is 4.79 Å². The van der Waals surface area contributed by atoms with Crippen LogP contribution in [0.4, 0.5) is 0 Å². The molecule has 3 rings (SSSR count). The van der Waals surface area contributed by atoms with E-state index in [9.17, 15) is 4.79 Å². The first-order valence-electron chi connectivity index (χ1n) is 6.88. The normalized spacial score (nSPS) is 10.7. The fourth-order valence-corrected chi connectivity index (χ4v) is 2.57. The molecule has 4 nitrogen and oxygen atoms in total. The SMILES string of the molecule is NNC(=O)Cc1ccccc1Cn1ccc2ccccc21. The summed E-state index contributed by atoms with van der Waals surface area (Å²) >= 11 is 0. The van der Waals surface area contributed by atoms with Crippen molar-refractivity contribution in [1.29, 1.82) is 0 Å². The van der Waals surface area contributed by atoms with Gasteiger partial charge in [0.05, 0.1) is 6.42 Å². The van der Waals surface area contributed by atoms with Crippen LogP contribution in [0.5, 0.6) is 0 Å². The summed E-state index contributed by atoms with van der Waals surface area (Å²) in [4.78, 5) is 11.5. The molecule has 0 aliphatic heterocycles. The van der Waals surface area contributed by atoms with E-state index >= 15 is 0 Å². The van der Waals surface area contributed by atoms with E-state index in [0.717, 1.165) is 17.7 Å². The molecule has 0 saturated heterocycles. The van der Waals surface area contributed by atoms with E-state index < -0.39 is 0 Å². The lowest BCUT2D eigenvalue weighted by atomic mass is 10.0. The number of hydrazine groups is 1. The van der Waals surface area contributed by atoms with Gasteiger partial charge >= 0.3 is 0 Å². The summed E-state index contributed by atoms with van der Waals surface area (Å²) in [7, 11) is 0. The lowest BCUT2D eigenvalue weighted by Crippen LogP contribution is -2.31. The number of rotatable bonds is 4. The predicted octanol–water partition coefficient (Wildman–Crippen LogP) is 2.22. The van der Waals surface area contributed by atoms with Crippen LogP contribution in [0.15, 0.2) is 60.8 Å². The van der Waals surface area contributed by atoms with Crippen LogP contribution < -0.4 is 11.3 Å². The highest BCUT2D eigenvalue weighted by Gasteiger charge is 2.08. The number of hydrogen-bond donors (Lipinski definition) is 2. The molecule has 4 heteroatoms. The second-order valence-electron chi connectivity index (χ2n) is 5.02. The number of nitrogens with zero attached hydrogens (tertiary/aromatic N) is 1. The van der Waals surface area contributed by atoms with E-state index in [-0.39, 0.29) is 5.91 Å². The minimum Gasteiger partial charge on any atom is -0.343 e. The Morgan fingerprint density at radius 3 is 2.52 bits per heavy atom. The second-order valence-corrected chi connectivity index (χ2v) is 5.02. The average molecular weight is 279 g/mol. The molecular formula is C17H17N3O. The van der Waals surface area contributed by atoms with E-state index in [2.05, 4.69) is 34.4 Å². The first kappa shape index (κ1) is 13.4. The van der Waals surface area contributed by atoms with Crippen molar-refractivity contribution in [2.75, 3.05) is 0 Å². The highest BCUT2D eigenvalue weighted by molar-refractivity contribution is 5.80. The van der Waals surface area contributed by atoms with E-state index in [1.807, 2.05) is 36.4 Å². The summed E-state index contributed by atoms with van der Waals surface area (Å²) in [6.45, 7) is 0.738. The third kappa shape index (κ3) is 2.80. The Bertz CT molecular complexity index is 776. The van der Waals surface area contributed by atoms with Crippen molar-refractivity contribution in [3.8, 4) is 0 Å². The molecule has 0 aliphatic carbocycles. The highest BCUT2D eigenvalue weighted by Crippen LogP contribution is 2.18. The smallest absolute Gasteiger partial charge is 0.238 e. The van der Waals surface area contributed by atoms with Gasteiger partial charge in [-0.2, -0.15) is 0 Å². The molecule has 1 aromatic heterocycles. The van der Waals surface area contributed by atoms with Gasteiger partial charge in [0.1, 0.15) is 0 Å². The maximum Gasteiger partial charge on any atom is 0.238 e. The van der Waals surface area contributed by atoms with Crippen molar-refractivity contribution in [1.82, 2.24) is 9.99 Å². The van der Waals surface area contributed by atoms with E-state index in [4.69, 9.17) is 5.84 Å². The molecule has 3 N–H and O–H groups in total. The summed E-state index contributed by atoms with van der Waals surface area (Å²) in [5.41, 5.74) is 5.50. The third-order valence-electron chi connectivity index (χ3n) is 3.65. The van der Waals surface area contributed by atoms with Gasteiger partial charge in [-0.3, -0.25) is 10.2 Å². The monoisotopic (exact) mass is 279 g/mol. The zero-order chi connectivity index (χ0) is 14.7. The molecule has 0 fully saturated rings. The maximum absolute atomic E-state index is 11.5. The largest absolute Gasteiger partial charge is 0.343 e. The number of aromatic nitrogens is 1. The molecule has 0 radical (unpaired) electrons. The van der Waals surface area contributed by atoms with Gasteiger partial charge in [0, 0.05) is 18.3 Å². The molecule has 0 spiro atoms. The summed E-state index contributed by atoms with van der Waals surface area (Å²) in [5.74, 6) is 4.99. The van der Waals surface area contributed by atoms with Crippen LogP contribution in [0.2, 0.25) is 0 Å². The van der Waals surface area contributed by atoms with Crippen molar-refractivity contribution in [3.05, 3.63) is 71.9 Å². The molecule has 2 aromatic carbocycles. The van der Waals surface area contributed by atoms with Gasteiger partial charge in [0.15, 0.2) is 0 Å². The Kier molecular flexibility index (Phi) is 3.71. The zero-order valence-electron chi connectivity index (χ0n) is 11.6. The highest BCUT2D eigenvalue weighted by atomic mass is 16.2. The van der Waals surface area contributed by atoms with E-state index in [1.54, 1.807) is 0 Å². The number of benzene rings is 2. The Labute approximate surface area is 123 Å². The topological polar surface area (TPSA) is 60.0 Å². The Morgan fingerprint density at radius 1 is 1.00 bits per heavy atom. The van der Waals surface area contributed by atoms with Gasteiger partial charge < -0.3 is 4.57 Å². The van der Waals surface area contributed by atoms with Crippen LogP contribution in [-0.2, 0) is 17.8 Å². The average Bonchev–Trinajstić information content (AvgIpc) is 2.92. The molecule has 1 heterocycles. The summed E-state index contributed by atoms with van der Waals surface area (Å²) in [6, 6.07) is 18.3. The fourth-order valence-electron chi connectivity index (χ4n) is 2.57. The van der Waals surface area contributed by atoms with Crippen LogP contribution in [-0.4, -0.2) is 10.5 Å². The number of amides is 1. The number of carbonyl (C=O) groups excluding carboxylic acids is 1. The first-order valence-corrected chi connectivity index (χ1v) is 6.88. The maximum atomic E-state index is 11.5. The number of carbonyl (C=O) groups is 1. The quantitative estimate of drug-likeness (QED) is 0.437. The van der Waals surface area contributed by atoms with Gasteiger partial charge in [0.2, 0.25) is 5.91 Å². The van der Waals surface area contributed by atoms with E-state index in [0.29, 0.717) is 6.42 Å². The molecule has 0 bridgehead atoms. The number of nitrogens with one attached hydrogen (secondary N) is 1. The van der Waals surface area contributed by atoms with Crippen LogP contribution in [0.1, 0.15) is 11.1 Å². The Hall–Kier alpha value is -2.59. The van der Waals surface area contributed by atoms with Crippen LogP contribution in [0.3, 0.4) is 0 Å². The molecule has 0 saturated carbocycles. The summed E-state index contributed by atoms with van der Waals surface area (Å²) in [6.07, 6.45) is 2.37. The Balaban J connectivity index is 1.93. The molecule has 0 atom stereocenters. The summed E-state index contributed by atoms with van der Waals surface area (Å²) in [5, 5.41) is 1.22. The lowest BCUT2D eigenvalue weighted by molar-refractivity contribution is -0.120. The number of hydrogen-bond acceptors (Lipinski definition) is 2. The first-order chi connectivity index (χ1) is 10.3. The molecule has 21 heavy (non-hydrogen) atoms. The summed E-state index contributed by atoms with van der Waals surface area (Å²) < 4.78 is 2.19. The van der Waals surface area contributed by atoms with Gasteiger partial charge in [-0.15, -0.1) is 0 Å². The Morgan fingerprint density at radius 2 is 1.71 bits per heavy atom. The number of fused-ring (bicyclic) bond motifs is 1. The van der Waals surface area contributed by atoms with E-state index in [1.165, 1.54) is 10.9 Å². The van der Waals surface area contributed by atoms with Crippen LogP contribution in [0.25, 0.3) is 10.9 Å². The van der Waals surface area contributed by atoms with Gasteiger partial charge in [-0.1, -0.05) is 42.5 Å². The minimum absolute atomic E-state index is 0.181. The molecule has 0 aliphatic rings. The number of para-hydroxylation sites is 1. The number of nitrogens with two attached hydrogens (primary N) is 1. The van der Waals surface area contributed by atoms with Crippen molar-refractivity contribution in [3.63, 3.8) is 0 Å². The minimum atomic E-state index is -0.181. The lowest BCUT2D eigenvalue weighted by Gasteiger charge is -2.11. The van der Waals surface area contributed by atoms with Gasteiger partial charge in [-0.25, -0.2) is 5.84 Å². The van der Waals surface area contributed by atoms with Crippen molar-refractivity contribution >= 4 is 16.8 Å². The predicted molar refractivity (Wildman–Crippen MR) is 83.5 cm³/mol. The van der Waals surface area contributed by atoms with Gasteiger partial charge in [0.25, 0.3) is 0 Å². The van der Waals surface area contributed by atoms with Crippen molar-refractivity contribution in [2.45, 2.75) is 13.0 Å². The molecule has 0 unspecified atom stereocenters. The van der Waals surface area contributed by atoms with Gasteiger partial charge in [-0.05, 0) is 28.6 Å². The standard InChI is InChI=1S/C17H17N3O/c18-19-17(21)11-14-6-1-2-7-15(14)12-20-10-9-13-5-3-4-8-16(13)20/h1-10H,11-12,18H2,(H,19,21). The molecular weight excluding hydrogens is 262 g/mol. The zero-order valence-corrected chi connectivity index (χ0v) is 11.6. The third-order valence-corrected chi connectivity index (χ3v) is 3.65. The van der Waals surface area contributed by atoms with Crippen LogP contribution >= 0.6 is 0 Å². The van der Waals surface area contributed by atoms with Crippen LogP contribution in [0, 0.1) is 0 Å². The molecule has 106 valence electrons. The molecule has 3 aromatic rings. The molecule has 1 amide bonds. The second kappa shape index (κ2) is 5.81. The fraction of sp³-hybridized carbons (Fsp3) is 0.118. The van der Waals surface area contributed by atoms with Crippen molar-refractivity contribution in [2.24, 2.45) is 5.84 Å².